The molecule has 0 atom stereocenters. The lowest BCUT2D eigenvalue weighted by Gasteiger charge is -2.07. The van der Waals surface area contributed by atoms with Crippen LogP contribution in [0.2, 0.25) is 0 Å². The lowest BCUT2D eigenvalue weighted by Crippen LogP contribution is -2.04. The number of esters is 1. The summed E-state index contributed by atoms with van der Waals surface area (Å²) in [5.41, 5.74) is 0.887. The van der Waals surface area contributed by atoms with Crippen LogP contribution in [-0.4, -0.2) is 12.6 Å². The first-order chi connectivity index (χ1) is 9.10. The second-order valence-corrected chi connectivity index (χ2v) is 4.14. The van der Waals surface area contributed by atoms with Crippen LogP contribution in [0.5, 0.6) is 0 Å². The van der Waals surface area contributed by atoms with E-state index in [1.807, 2.05) is 6.92 Å². The van der Waals surface area contributed by atoms with Gasteiger partial charge < -0.3 is 4.74 Å². The van der Waals surface area contributed by atoms with Gasteiger partial charge in [0.05, 0.1) is 12.2 Å². The average molecular weight is 268 g/mol. The molecule has 0 spiro atoms. The SMILES string of the molecule is CCCCC(=C(F)F)c1ccc(C(=O)OCC)cc1. The molecule has 0 amide bonds. The monoisotopic (exact) mass is 268 g/mol. The van der Waals surface area contributed by atoms with Crippen molar-refractivity contribution in [3.05, 3.63) is 41.5 Å². The Morgan fingerprint density at radius 1 is 1.11 bits per heavy atom. The Morgan fingerprint density at radius 2 is 1.68 bits per heavy atom. The topological polar surface area (TPSA) is 26.3 Å². The zero-order valence-corrected chi connectivity index (χ0v) is 11.2. The molecule has 0 bridgehead atoms. The molecule has 0 N–H and O–H groups in total. The van der Waals surface area contributed by atoms with E-state index in [-0.39, 0.29) is 5.57 Å². The third-order valence-corrected chi connectivity index (χ3v) is 2.75. The van der Waals surface area contributed by atoms with E-state index in [0.717, 1.165) is 6.42 Å². The number of unbranched alkanes of at least 4 members (excludes halogenated alkanes) is 1. The Bertz CT molecular complexity index is 446. The van der Waals surface area contributed by atoms with Crippen molar-refractivity contribution in [1.29, 1.82) is 0 Å². The molecule has 0 aromatic heterocycles. The van der Waals surface area contributed by atoms with Gasteiger partial charge in [-0.15, -0.1) is 0 Å². The van der Waals surface area contributed by atoms with Crippen molar-refractivity contribution in [2.45, 2.75) is 33.1 Å². The van der Waals surface area contributed by atoms with Gasteiger partial charge in [-0.05, 0) is 37.5 Å². The molecule has 1 rings (SSSR count). The van der Waals surface area contributed by atoms with Crippen LogP contribution in [0.15, 0.2) is 30.3 Å². The van der Waals surface area contributed by atoms with Crippen molar-refractivity contribution in [2.75, 3.05) is 6.61 Å². The van der Waals surface area contributed by atoms with Crippen LogP contribution in [0.3, 0.4) is 0 Å². The zero-order valence-electron chi connectivity index (χ0n) is 11.2. The Morgan fingerprint density at radius 3 is 2.16 bits per heavy atom. The van der Waals surface area contributed by atoms with Gasteiger partial charge in [-0.1, -0.05) is 25.5 Å². The number of halogens is 2. The van der Waals surface area contributed by atoms with Crippen molar-refractivity contribution >= 4 is 11.5 Å². The normalized spacial score (nSPS) is 10.1. The maximum absolute atomic E-state index is 12.9. The molecule has 4 heteroatoms. The van der Waals surface area contributed by atoms with Gasteiger partial charge in [0, 0.05) is 5.57 Å². The molecule has 0 fully saturated rings. The highest BCUT2D eigenvalue weighted by Gasteiger charge is 2.11. The minimum Gasteiger partial charge on any atom is -0.462 e. The quantitative estimate of drug-likeness (QED) is 0.701. The fraction of sp³-hybridized carbons (Fsp3) is 0.400. The second kappa shape index (κ2) is 7.67. The molecule has 19 heavy (non-hydrogen) atoms. The third kappa shape index (κ3) is 4.47. The smallest absolute Gasteiger partial charge is 0.338 e. The van der Waals surface area contributed by atoms with E-state index >= 15 is 0 Å². The van der Waals surface area contributed by atoms with Crippen molar-refractivity contribution in [2.24, 2.45) is 0 Å². The largest absolute Gasteiger partial charge is 0.462 e. The Hall–Kier alpha value is -1.71. The predicted octanol–water partition coefficient (Wildman–Crippen LogP) is 4.66. The van der Waals surface area contributed by atoms with Crippen LogP contribution in [0, 0.1) is 0 Å². The van der Waals surface area contributed by atoms with Gasteiger partial charge in [0.1, 0.15) is 0 Å². The summed E-state index contributed by atoms with van der Waals surface area (Å²) in [6.45, 7) is 3.97. The first kappa shape index (κ1) is 15.3. The number of rotatable bonds is 6. The summed E-state index contributed by atoms with van der Waals surface area (Å²) >= 11 is 0. The van der Waals surface area contributed by atoms with Crippen LogP contribution >= 0.6 is 0 Å². The summed E-state index contributed by atoms with van der Waals surface area (Å²) in [5, 5.41) is 0. The Labute approximate surface area is 112 Å². The first-order valence-corrected chi connectivity index (χ1v) is 6.41. The molecule has 2 nitrogen and oxygen atoms in total. The molecular weight excluding hydrogens is 250 g/mol. The molecule has 104 valence electrons. The van der Waals surface area contributed by atoms with Crippen LogP contribution < -0.4 is 0 Å². The van der Waals surface area contributed by atoms with Crippen molar-refractivity contribution in [3.8, 4) is 0 Å². The lowest BCUT2D eigenvalue weighted by molar-refractivity contribution is 0.0526. The summed E-state index contributed by atoms with van der Waals surface area (Å²) in [6.07, 6.45) is 0.263. The van der Waals surface area contributed by atoms with E-state index in [2.05, 4.69) is 0 Å². The molecule has 0 saturated heterocycles. The number of hydrogen-bond acceptors (Lipinski definition) is 2. The molecule has 0 unspecified atom stereocenters. The number of ether oxygens (including phenoxy) is 1. The van der Waals surface area contributed by atoms with Gasteiger partial charge in [0.15, 0.2) is 0 Å². The summed E-state index contributed by atoms with van der Waals surface area (Å²) in [5.74, 6) is -0.436. The highest BCUT2D eigenvalue weighted by atomic mass is 19.3. The molecule has 1 aromatic carbocycles. The summed E-state index contributed by atoms with van der Waals surface area (Å²) in [7, 11) is 0. The van der Waals surface area contributed by atoms with Gasteiger partial charge in [-0.2, -0.15) is 8.78 Å². The van der Waals surface area contributed by atoms with Crippen LogP contribution in [-0.2, 0) is 4.74 Å². The molecule has 1 aromatic rings. The number of allylic oxidation sites excluding steroid dienone is 1. The van der Waals surface area contributed by atoms with Crippen molar-refractivity contribution < 1.29 is 18.3 Å². The lowest BCUT2D eigenvalue weighted by atomic mass is 10.0. The summed E-state index contributed by atoms with van der Waals surface area (Å²) < 4.78 is 30.6. The fourth-order valence-corrected chi connectivity index (χ4v) is 1.72. The van der Waals surface area contributed by atoms with E-state index < -0.39 is 12.0 Å². The molecule has 0 saturated carbocycles. The Kier molecular flexibility index (Phi) is 6.19. The number of benzene rings is 1. The fourth-order valence-electron chi connectivity index (χ4n) is 1.72. The van der Waals surface area contributed by atoms with Crippen LogP contribution in [0.4, 0.5) is 8.78 Å². The third-order valence-electron chi connectivity index (χ3n) is 2.75. The number of carbonyl (C=O) groups excluding carboxylic acids is 1. The van der Waals surface area contributed by atoms with Crippen LogP contribution in [0.25, 0.3) is 5.57 Å². The molecule has 0 aliphatic rings. The number of carbonyl (C=O) groups is 1. The zero-order chi connectivity index (χ0) is 14.3. The number of hydrogen-bond donors (Lipinski definition) is 0. The molecular formula is C15H18F2O2. The first-order valence-electron chi connectivity index (χ1n) is 6.41. The van der Waals surface area contributed by atoms with Gasteiger partial charge in [0.25, 0.3) is 6.08 Å². The minimum atomic E-state index is -1.66. The maximum Gasteiger partial charge on any atom is 0.338 e. The standard InChI is InChI=1S/C15H18F2O2/c1-3-5-6-13(14(16)17)11-7-9-12(10-8-11)15(18)19-4-2/h7-10H,3-6H2,1-2H3. The van der Waals surface area contributed by atoms with Crippen molar-refractivity contribution in [1.82, 2.24) is 0 Å². The molecule has 0 radical (unpaired) electrons. The van der Waals surface area contributed by atoms with E-state index in [1.54, 1.807) is 6.92 Å². The van der Waals surface area contributed by atoms with E-state index in [1.165, 1.54) is 24.3 Å². The van der Waals surface area contributed by atoms with Gasteiger partial charge in [0.2, 0.25) is 0 Å². The average Bonchev–Trinajstić information content (AvgIpc) is 2.40. The van der Waals surface area contributed by atoms with Gasteiger partial charge in [-0.25, -0.2) is 4.79 Å². The Balaban J connectivity index is 2.90. The van der Waals surface area contributed by atoms with Gasteiger partial charge in [-0.3, -0.25) is 0 Å². The minimum absolute atomic E-state index is 0.0530. The van der Waals surface area contributed by atoms with E-state index in [9.17, 15) is 13.6 Å². The summed E-state index contributed by atoms with van der Waals surface area (Å²) in [6, 6.07) is 6.11. The van der Waals surface area contributed by atoms with E-state index in [0.29, 0.717) is 30.6 Å². The van der Waals surface area contributed by atoms with E-state index in [4.69, 9.17) is 4.74 Å². The maximum atomic E-state index is 12.9. The molecule has 0 aliphatic carbocycles. The van der Waals surface area contributed by atoms with Crippen LogP contribution in [0.1, 0.15) is 49.0 Å². The second-order valence-electron chi connectivity index (χ2n) is 4.14. The van der Waals surface area contributed by atoms with Gasteiger partial charge >= 0.3 is 5.97 Å². The highest BCUT2D eigenvalue weighted by Crippen LogP contribution is 2.26. The molecule has 0 heterocycles. The molecule has 0 aliphatic heterocycles. The predicted molar refractivity (Wildman–Crippen MR) is 71.1 cm³/mol. The van der Waals surface area contributed by atoms with Crippen molar-refractivity contribution in [3.63, 3.8) is 0 Å². The highest BCUT2D eigenvalue weighted by molar-refractivity contribution is 5.89. The summed E-state index contributed by atoms with van der Waals surface area (Å²) in [4.78, 5) is 11.4.